The number of carbonyl (C=O) groups is 2. The molecular weight excluding hydrogens is 368 g/mol. The summed E-state index contributed by atoms with van der Waals surface area (Å²) in [7, 11) is 0. The van der Waals surface area contributed by atoms with Crippen LogP contribution in [0.4, 0.5) is 5.69 Å². The Morgan fingerprint density at radius 2 is 1.89 bits per heavy atom. The Bertz CT molecular complexity index is 604. The van der Waals surface area contributed by atoms with Crippen molar-refractivity contribution in [2.24, 2.45) is 0 Å². The highest BCUT2D eigenvalue weighted by Gasteiger charge is 2.16. The minimum Gasteiger partial charge on any atom is -0.507 e. The molecule has 0 unspecified atom stereocenters. The molecule has 1 aliphatic rings. The lowest BCUT2D eigenvalue weighted by atomic mass is 10.1. The molecule has 1 aromatic carbocycles. The van der Waals surface area contributed by atoms with Crippen LogP contribution in [0.1, 0.15) is 62.2 Å². The summed E-state index contributed by atoms with van der Waals surface area (Å²) in [6.07, 6.45) is 7.58. The van der Waals surface area contributed by atoms with E-state index in [2.05, 4.69) is 17.1 Å². The number of likely N-dealkylation sites (tertiary alicyclic amines) is 1. The Labute approximate surface area is 167 Å². The number of rotatable bonds is 9. The van der Waals surface area contributed by atoms with Gasteiger partial charge >= 0.3 is 5.97 Å². The van der Waals surface area contributed by atoms with Gasteiger partial charge in [0.25, 0.3) is 0 Å². The minimum absolute atomic E-state index is 0. The molecule has 0 aromatic heterocycles. The first-order valence-electron chi connectivity index (χ1n) is 9.62. The number of unbranched alkanes of at least 4 members (excludes halogenated alkanes) is 3. The summed E-state index contributed by atoms with van der Waals surface area (Å²) in [5.74, 6) is -0.831. The lowest BCUT2D eigenvalue weighted by molar-refractivity contribution is -0.117. The molecule has 0 aliphatic carbocycles. The van der Waals surface area contributed by atoms with Crippen LogP contribution in [-0.4, -0.2) is 48.1 Å². The maximum absolute atomic E-state index is 12.1. The first kappa shape index (κ1) is 23.2. The number of carbonyl (C=O) groups excluding carboxylic acids is 2. The number of aromatic hydroxyl groups is 1. The van der Waals surface area contributed by atoms with E-state index in [-0.39, 0.29) is 29.6 Å². The second kappa shape index (κ2) is 12.6. The van der Waals surface area contributed by atoms with Crippen molar-refractivity contribution >= 4 is 30.0 Å². The van der Waals surface area contributed by atoms with Crippen molar-refractivity contribution in [1.82, 2.24) is 4.90 Å². The number of nitrogens with one attached hydrogen (secondary N) is 1. The van der Waals surface area contributed by atoms with Crippen LogP contribution in [0.15, 0.2) is 18.2 Å². The van der Waals surface area contributed by atoms with E-state index in [1.54, 1.807) is 6.07 Å². The summed E-state index contributed by atoms with van der Waals surface area (Å²) in [5.41, 5.74) is 0.596. The molecule has 0 saturated carbocycles. The summed E-state index contributed by atoms with van der Waals surface area (Å²) in [6, 6.07) is 4.49. The van der Waals surface area contributed by atoms with Gasteiger partial charge in [-0.15, -0.1) is 12.4 Å². The molecule has 2 rings (SSSR count). The number of hydrogen-bond acceptors (Lipinski definition) is 5. The average molecular weight is 399 g/mol. The fourth-order valence-corrected chi connectivity index (χ4v) is 3.07. The van der Waals surface area contributed by atoms with Gasteiger partial charge in [0.15, 0.2) is 0 Å². The maximum atomic E-state index is 12.1. The second-order valence-electron chi connectivity index (χ2n) is 6.81. The summed E-state index contributed by atoms with van der Waals surface area (Å²) in [5, 5.41) is 12.8. The monoisotopic (exact) mass is 398 g/mol. The normalized spacial score (nSPS) is 14.3. The van der Waals surface area contributed by atoms with Crippen LogP contribution in [-0.2, 0) is 9.53 Å². The SMILES string of the molecule is CCCCCCOC(=O)c1ccc(NC(=O)CN2CCCCC2)cc1O.Cl. The van der Waals surface area contributed by atoms with E-state index < -0.39 is 5.97 Å². The molecule has 2 N–H and O–H groups in total. The highest BCUT2D eigenvalue weighted by Crippen LogP contribution is 2.23. The van der Waals surface area contributed by atoms with Gasteiger partial charge in [0.05, 0.1) is 13.2 Å². The summed E-state index contributed by atoms with van der Waals surface area (Å²) >= 11 is 0. The third-order valence-electron chi connectivity index (χ3n) is 4.55. The van der Waals surface area contributed by atoms with Gasteiger partial charge in [-0.2, -0.15) is 0 Å². The Hall–Kier alpha value is -1.79. The zero-order chi connectivity index (χ0) is 18.8. The van der Waals surface area contributed by atoms with Crippen LogP contribution >= 0.6 is 12.4 Å². The average Bonchev–Trinajstić information content (AvgIpc) is 2.62. The van der Waals surface area contributed by atoms with E-state index >= 15 is 0 Å². The predicted octanol–water partition coefficient (Wildman–Crippen LogP) is 3.98. The van der Waals surface area contributed by atoms with Crippen molar-refractivity contribution < 1.29 is 19.4 Å². The van der Waals surface area contributed by atoms with Gasteiger partial charge in [0.1, 0.15) is 11.3 Å². The van der Waals surface area contributed by atoms with E-state index in [1.807, 2.05) is 0 Å². The third kappa shape index (κ3) is 8.18. The largest absolute Gasteiger partial charge is 0.507 e. The zero-order valence-corrected chi connectivity index (χ0v) is 16.9. The molecule has 1 heterocycles. The van der Waals surface area contributed by atoms with Gasteiger partial charge in [-0.3, -0.25) is 9.69 Å². The molecule has 0 bridgehead atoms. The molecule has 1 aliphatic heterocycles. The van der Waals surface area contributed by atoms with Crippen molar-refractivity contribution in [3.8, 4) is 5.75 Å². The summed E-state index contributed by atoms with van der Waals surface area (Å²) in [4.78, 5) is 26.3. The first-order valence-corrected chi connectivity index (χ1v) is 9.62. The van der Waals surface area contributed by atoms with Crippen LogP contribution < -0.4 is 5.32 Å². The number of halogens is 1. The molecule has 1 aromatic rings. The van der Waals surface area contributed by atoms with Crippen LogP contribution in [0.2, 0.25) is 0 Å². The van der Waals surface area contributed by atoms with Gasteiger partial charge in [-0.05, 0) is 44.5 Å². The molecule has 0 spiro atoms. The highest BCUT2D eigenvalue weighted by atomic mass is 35.5. The van der Waals surface area contributed by atoms with E-state index in [4.69, 9.17) is 4.74 Å². The smallest absolute Gasteiger partial charge is 0.341 e. The summed E-state index contributed by atoms with van der Waals surface area (Å²) in [6.45, 7) is 4.72. The minimum atomic E-state index is -0.537. The second-order valence-corrected chi connectivity index (χ2v) is 6.81. The quantitative estimate of drug-likeness (QED) is 0.486. The molecule has 6 nitrogen and oxygen atoms in total. The summed E-state index contributed by atoms with van der Waals surface area (Å²) < 4.78 is 5.18. The van der Waals surface area contributed by atoms with Crippen LogP contribution in [0, 0.1) is 0 Å². The molecule has 0 radical (unpaired) electrons. The van der Waals surface area contributed by atoms with Crippen molar-refractivity contribution in [3.63, 3.8) is 0 Å². The molecule has 0 atom stereocenters. The van der Waals surface area contributed by atoms with Gasteiger partial charge in [-0.1, -0.05) is 32.6 Å². The highest BCUT2D eigenvalue weighted by molar-refractivity contribution is 5.95. The van der Waals surface area contributed by atoms with Gasteiger partial charge < -0.3 is 15.2 Å². The van der Waals surface area contributed by atoms with E-state index in [1.165, 1.54) is 18.6 Å². The van der Waals surface area contributed by atoms with Crippen molar-refractivity contribution in [1.29, 1.82) is 0 Å². The zero-order valence-electron chi connectivity index (χ0n) is 16.0. The molecule has 1 amide bonds. The number of phenols is 1. The van der Waals surface area contributed by atoms with Crippen LogP contribution in [0.5, 0.6) is 5.75 Å². The Morgan fingerprint density at radius 1 is 1.15 bits per heavy atom. The van der Waals surface area contributed by atoms with Crippen molar-refractivity contribution in [2.45, 2.75) is 51.9 Å². The Kier molecular flexibility index (Phi) is 10.8. The number of ether oxygens (including phenoxy) is 1. The standard InChI is InChI=1S/C20H30N2O4.ClH/c1-2-3-4-8-13-26-20(25)17-10-9-16(14-18(17)23)21-19(24)15-22-11-6-5-7-12-22;/h9-10,14,23H,2-8,11-13,15H2,1H3,(H,21,24);1H. The molecule has 152 valence electrons. The van der Waals surface area contributed by atoms with E-state index in [0.29, 0.717) is 18.8 Å². The third-order valence-corrected chi connectivity index (χ3v) is 4.55. The number of anilines is 1. The lowest BCUT2D eigenvalue weighted by Crippen LogP contribution is -2.36. The van der Waals surface area contributed by atoms with E-state index in [0.717, 1.165) is 51.6 Å². The number of amides is 1. The molecule has 1 fully saturated rings. The number of piperidine rings is 1. The van der Waals surface area contributed by atoms with Crippen LogP contribution in [0.3, 0.4) is 0 Å². The topological polar surface area (TPSA) is 78.9 Å². The van der Waals surface area contributed by atoms with E-state index in [9.17, 15) is 14.7 Å². The number of nitrogens with zero attached hydrogens (tertiary/aromatic N) is 1. The first-order chi connectivity index (χ1) is 12.6. The fourth-order valence-electron chi connectivity index (χ4n) is 3.07. The van der Waals surface area contributed by atoms with Crippen molar-refractivity contribution in [2.75, 3.05) is 31.6 Å². The van der Waals surface area contributed by atoms with Crippen molar-refractivity contribution in [3.05, 3.63) is 23.8 Å². The molecule has 27 heavy (non-hydrogen) atoms. The molecular formula is C20H31ClN2O4. The number of phenolic OH excluding ortho intramolecular Hbond substituents is 1. The number of esters is 1. The fraction of sp³-hybridized carbons (Fsp3) is 0.600. The predicted molar refractivity (Wildman–Crippen MR) is 109 cm³/mol. The number of hydrogen-bond donors (Lipinski definition) is 2. The molecule has 1 saturated heterocycles. The van der Waals surface area contributed by atoms with Crippen LogP contribution in [0.25, 0.3) is 0 Å². The van der Waals surface area contributed by atoms with Gasteiger partial charge in [0.2, 0.25) is 5.91 Å². The molecule has 7 heteroatoms. The van der Waals surface area contributed by atoms with Gasteiger partial charge in [0, 0.05) is 11.8 Å². The Morgan fingerprint density at radius 3 is 2.56 bits per heavy atom. The Balaban J connectivity index is 0.00000364. The maximum Gasteiger partial charge on any atom is 0.341 e. The van der Waals surface area contributed by atoms with Gasteiger partial charge in [-0.25, -0.2) is 4.79 Å². The lowest BCUT2D eigenvalue weighted by Gasteiger charge is -2.25. The number of benzene rings is 1.